The molecule has 0 heterocycles. The molecule has 1 rings (SSSR count). The molecule has 1 nitrogen and oxygen atoms in total. The fourth-order valence-electron chi connectivity index (χ4n) is 1.94. The maximum atomic E-state index is 13.5. The molecular formula is C15H19BrF2O. The Morgan fingerprint density at radius 2 is 1.68 bits per heavy atom. The van der Waals surface area contributed by atoms with Gasteiger partial charge in [-0.1, -0.05) is 39.0 Å². The predicted octanol–water partition coefficient (Wildman–Crippen LogP) is 5.66. The number of halogens is 3. The minimum Gasteiger partial charge on any atom is -0.294 e. The molecule has 0 atom stereocenters. The van der Waals surface area contributed by atoms with Crippen LogP contribution in [-0.2, 0) is 0 Å². The third kappa shape index (κ3) is 5.39. The smallest absolute Gasteiger partial charge is 0.165 e. The summed E-state index contributed by atoms with van der Waals surface area (Å²) in [5, 5.41) is 0. The Morgan fingerprint density at radius 1 is 1.05 bits per heavy atom. The number of benzene rings is 1. The number of unbranched alkanes of at least 4 members (excludes halogenated alkanes) is 5. The Bertz CT molecular complexity index is 432. The number of hydrogen-bond acceptors (Lipinski definition) is 1. The molecule has 0 aromatic heterocycles. The standard InChI is InChI=1S/C15H19BrF2O/c1-2-3-4-5-6-7-8-15(19)11-9-14(18)12(16)10-13(11)17/h9-10H,2-8H2,1H3. The molecule has 0 aliphatic carbocycles. The lowest BCUT2D eigenvalue weighted by molar-refractivity contribution is 0.0974. The molecule has 4 heteroatoms. The first-order chi connectivity index (χ1) is 9.06. The van der Waals surface area contributed by atoms with E-state index in [9.17, 15) is 13.6 Å². The van der Waals surface area contributed by atoms with Crippen molar-refractivity contribution in [2.45, 2.75) is 51.9 Å². The van der Waals surface area contributed by atoms with E-state index >= 15 is 0 Å². The number of hydrogen-bond donors (Lipinski definition) is 0. The van der Waals surface area contributed by atoms with Gasteiger partial charge in [0.15, 0.2) is 5.78 Å². The highest BCUT2D eigenvalue weighted by Crippen LogP contribution is 2.21. The molecule has 19 heavy (non-hydrogen) atoms. The second kappa shape index (κ2) is 8.41. The Morgan fingerprint density at radius 3 is 2.37 bits per heavy atom. The van der Waals surface area contributed by atoms with Crippen molar-refractivity contribution in [3.05, 3.63) is 33.8 Å². The Hall–Kier alpha value is -0.770. The summed E-state index contributed by atoms with van der Waals surface area (Å²) in [7, 11) is 0. The second-order valence-electron chi connectivity index (χ2n) is 4.69. The van der Waals surface area contributed by atoms with Gasteiger partial charge in [0.2, 0.25) is 0 Å². The average Bonchev–Trinajstić information content (AvgIpc) is 2.37. The third-order valence-corrected chi connectivity index (χ3v) is 3.68. The number of Topliss-reactive ketones (excluding diaryl/α,β-unsaturated/α-hetero) is 1. The van der Waals surface area contributed by atoms with Crippen LogP contribution in [0.4, 0.5) is 8.78 Å². The van der Waals surface area contributed by atoms with Crippen LogP contribution in [-0.4, -0.2) is 5.78 Å². The molecule has 1 aromatic rings. The third-order valence-electron chi connectivity index (χ3n) is 3.07. The fraction of sp³-hybridized carbons (Fsp3) is 0.533. The zero-order chi connectivity index (χ0) is 14.3. The zero-order valence-corrected chi connectivity index (χ0v) is 12.7. The van der Waals surface area contributed by atoms with Crippen molar-refractivity contribution >= 4 is 21.7 Å². The molecular weight excluding hydrogens is 314 g/mol. The molecule has 106 valence electrons. The summed E-state index contributed by atoms with van der Waals surface area (Å²) in [5.74, 6) is -1.59. The molecule has 1 aromatic carbocycles. The van der Waals surface area contributed by atoms with Crippen LogP contribution in [0.15, 0.2) is 16.6 Å². The summed E-state index contributed by atoms with van der Waals surface area (Å²) >= 11 is 2.89. The van der Waals surface area contributed by atoms with Crippen LogP contribution < -0.4 is 0 Å². The summed E-state index contributed by atoms with van der Waals surface area (Å²) in [6, 6.07) is 1.97. The molecule has 0 amide bonds. The van der Waals surface area contributed by atoms with Gasteiger partial charge in [0, 0.05) is 6.42 Å². The Kier molecular flexibility index (Phi) is 7.21. The Labute approximate surface area is 121 Å². The van der Waals surface area contributed by atoms with Crippen LogP contribution in [0.3, 0.4) is 0 Å². The van der Waals surface area contributed by atoms with Crippen LogP contribution in [0.25, 0.3) is 0 Å². The van der Waals surface area contributed by atoms with Gasteiger partial charge in [-0.15, -0.1) is 0 Å². The van der Waals surface area contributed by atoms with E-state index in [1.54, 1.807) is 0 Å². The van der Waals surface area contributed by atoms with Crippen molar-refractivity contribution in [1.82, 2.24) is 0 Å². The Balaban J connectivity index is 2.43. The molecule has 0 aliphatic heterocycles. The van der Waals surface area contributed by atoms with E-state index in [-0.39, 0.29) is 22.2 Å². The van der Waals surface area contributed by atoms with Crippen molar-refractivity contribution in [1.29, 1.82) is 0 Å². The SMILES string of the molecule is CCCCCCCCC(=O)c1cc(F)c(Br)cc1F. The van der Waals surface area contributed by atoms with Crippen LogP contribution in [0.5, 0.6) is 0 Å². The first-order valence-corrected chi connectivity index (χ1v) is 7.53. The first-order valence-electron chi connectivity index (χ1n) is 6.74. The monoisotopic (exact) mass is 332 g/mol. The molecule has 0 unspecified atom stereocenters. The van der Waals surface area contributed by atoms with Crippen molar-refractivity contribution in [3.63, 3.8) is 0 Å². The summed E-state index contributed by atoms with van der Waals surface area (Å²) in [4.78, 5) is 11.8. The van der Waals surface area contributed by atoms with Gasteiger partial charge in [-0.2, -0.15) is 0 Å². The van der Waals surface area contributed by atoms with Crippen molar-refractivity contribution in [2.75, 3.05) is 0 Å². The van der Waals surface area contributed by atoms with Crippen LogP contribution in [0.2, 0.25) is 0 Å². The lowest BCUT2D eigenvalue weighted by Crippen LogP contribution is -2.03. The van der Waals surface area contributed by atoms with Gasteiger partial charge in [0.25, 0.3) is 0 Å². The van der Waals surface area contributed by atoms with Gasteiger partial charge in [0.05, 0.1) is 10.0 Å². The second-order valence-corrected chi connectivity index (χ2v) is 5.54. The zero-order valence-electron chi connectivity index (χ0n) is 11.1. The topological polar surface area (TPSA) is 17.1 Å². The van der Waals surface area contributed by atoms with Gasteiger partial charge >= 0.3 is 0 Å². The number of carbonyl (C=O) groups excluding carboxylic acids is 1. The van der Waals surface area contributed by atoms with Gasteiger partial charge in [-0.3, -0.25) is 4.79 Å². The summed E-state index contributed by atoms with van der Waals surface area (Å²) in [6.45, 7) is 2.15. The maximum Gasteiger partial charge on any atom is 0.165 e. The molecule has 0 fully saturated rings. The lowest BCUT2D eigenvalue weighted by Gasteiger charge is -2.04. The van der Waals surface area contributed by atoms with Crippen LogP contribution in [0.1, 0.15) is 62.2 Å². The van der Waals surface area contributed by atoms with Crippen molar-refractivity contribution < 1.29 is 13.6 Å². The van der Waals surface area contributed by atoms with Crippen molar-refractivity contribution in [2.24, 2.45) is 0 Å². The van der Waals surface area contributed by atoms with Gasteiger partial charge in [-0.25, -0.2) is 8.78 Å². The van der Waals surface area contributed by atoms with E-state index in [0.29, 0.717) is 0 Å². The van der Waals surface area contributed by atoms with E-state index in [2.05, 4.69) is 22.9 Å². The highest BCUT2D eigenvalue weighted by Gasteiger charge is 2.14. The van der Waals surface area contributed by atoms with E-state index in [4.69, 9.17) is 0 Å². The van der Waals surface area contributed by atoms with Gasteiger partial charge in [0.1, 0.15) is 11.6 Å². The molecule has 0 radical (unpaired) electrons. The van der Waals surface area contributed by atoms with E-state index in [1.165, 1.54) is 19.3 Å². The number of ketones is 1. The first kappa shape index (κ1) is 16.3. The quantitative estimate of drug-likeness (QED) is 0.341. The van der Waals surface area contributed by atoms with Gasteiger partial charge in [-0.05, 0) is 34.5 Å². The normalized spacial score (nSPS) is 10.7. The predicted molar refractivity (Wildman–Crippen MR) is 76.4 cm³/mol. The molecule has 0 N–H and O–H groups in total. The lowest BCUT2D eigenvalue weighted by atomic mass is 10.0. The minimum absolute atomic E-state index is 0.0427. The van der Waals surface area contributed by atoms with Crippen molar-refractivity contribution in [3.8, 4) is 0 Å². The maximum absolute atomic E-state index is 13.5. The number of carbonyl (C=O) groups is 1. The van der Waals surface area contributed by atoms with Crippen LogP contribution >= 0.6 is 15.9 Å². The minimum atomic E-state index is -0.663. The van der Waals surface area contributed by atoms with E-state index in [1.807, 2.05) is 0 Å². The largest absolute Gasteiger partial charge is 0.294 e. The van der Waals surface area contributed by atoms with Gasteiger partial charge < -0.3 is 0 Å². The average molecular weight is 333 g/mol. The molecule has 0 saturated heterocycles. The highest BCUT2D eigenvalue weighted by atomic mass is 79.9. The van der Waals surface area contributed by atoms with Crippen LogP contribution in [0, 0.1) is 11.6 Å². The summed E-state index contributed by atoms with van der Waals surface area (Å²) in [6.07, 6.45) is 6.64. The van der Waals surface area contributed by atoms with E-state index < -0.39 is 11.6 Å². The summed E-state index contributed by atoms with van der Waals surface area (Å²) in [5.41, 5.74) is -0.144. The molecule has 0 bridgehead atoms. The molecule has 0 spiro atoms. The molecule has 0 aliphatic rings. The fourth-order valence-corrected chi connectivity index (χ4v) is 2.25. The molecule has 0 saturated carbocycles. The highest BCUT2D eigenvalue weighted by molar-refractivity contribution is 9.10. The summed E-state index contributed by atoms with van der Waals surface area (Å²) < 4.78 is 26.9. The number of rotatable bonds is 8. The van der Waals surface area contributed by atoms with E-state index in [0.717, 1.165) is 31.4 Å².